The number of furan rings is 2. The summed E-state index contributed by atoms with van der Waals surface area (Å²) in [4.78, 5) is 0. The Balaban J connectivity index is 1.16. The first-order chi connectivity index (χ1) is 25.1. The van der Waals surface area contributed by atoms with Gasteiger partial charge in [0.2, 0.25) is 0 Å². The average molecular weight is 653 g/mol. The molecule has 2 heterocycles. The normalized spacial score (nSPS) is 13.5. The van der Waals surface area contributed by atoms with E-state index in [1.807, 2.05) is 18.4 Å². The van der Waals surface area contributed by atoms with Crippen LogP contribution in [0.4, 0.5) is 0 Å². The zero-order valence-corrected chi connectivity index (χ0v) is 28.3. The number of rotatable bonds is 3. The van der Waals surface area contributed by atoms with Crippen LogP contribution in [0.1, 0.15) is 25.0 Å². The predicted molar refractivity (Wildman–Crippen MR) is 212 cm³/mol. The van der Waals surface area contributed by atoms with E-state index in [0.717, 1.165) is 38.5 Å². The van der Waals surface area contributed by atoms with Gasteiger partial charge in [0, 0.05) is 38.3 Å². The molecule has 0 fully saturated rings. The second-order valence-corrected chi connectivity index (χ2v) is 14.4. The third-order valence-electron chi connectivity index (χ3n) is 11.4. The molecule has 2 aromatic heterocycles. The van der Waals surface area contributed by atoms with Crippen molar-refractivity contribution in [2.24, 2.45) is 0 Å². The number of hydrogen-bond acceptors (Lipinski definition) is 2. The largest absolute Gasteiger partial charge is 0.464 e. The van der Waals surface area contributed by atoms with Gasteiger partial charge in [0.15, 0.2) is 0 Å². The third kappa shape index (κ3) is 3.93. The molecule has 240 valence electrons. The molecule has 0 aliphatic heterocycles. The molecule has 0 unspecified atom stereocenters. The highest BCUT2D eigenvalue weighted by atomic mass is 16.3. The molecule has 0 radical (unpaired) electrons. The molecule has 2 heteroatoms. The predicted octanol–water partition coefficient (Wildman–Crippen LogP) is 13.9. The molecule has 0 atom stereocenters. The summed E-state index contributed by atoms with van der Waals surface area (Å²) in [6, 6.07) is 54.9. The van der Waals surface area contributed by atoms with Gasteiger partial charge in [-0.25, -0.2) is 0 Å². The number of fused-ring (bicyclic) bond motifs is 10. The van der Waals surface area contributed by atoms with Gasteiger partial charge in [-0.15, -0.1) is 0 Å². The monoisotopic (exact) mass is 652 g/mol. The maximum Gasteiger partial charge on any atom is 0.143 e. The van der Waals surface area contributed by atoms with E-state index < -0.39 is 0 Å². The quantitative estimate of drug-likeness (QED) is 0.178. The van der Waals surface area contributed by atoms with Crippen molar-refractivity contribution in [1.29, 1.82) is 0 Å². The van der Waals surface area contributed by atoms with Crippen LogP contribution in [0.25, 0.3) is 99.0 Å². The van der Waals surface area contributed by atoms with E-state index in [1.165, 1.54) is 71.6 Å². The minimum absolute atomic E-state index is 0.127. The average Bonchev–Trinajstić information content (AvgIpc) is 3.84. The van der Waals surface area contributed by atoms with Gasteiger partial charge in [-0.1, -0.05) is 141 Å². The fraction of sp³-hybridized carbons (Fsp3) is 0.0612. The standard InChI is InChI=1S/C49H32O2/c1-49(2)41-23-20-30(29-12-4-3-5-13-29)26-39(41)47-42(49)24-22-37-38-27-31(21-25-44(38)51-48(37)47)45-33-15-6-8-17-35(33)46(36-18-9-7-16-34(36)45)40-28-50-43-19-11-10-14-32(40)43/h3-28H,1-2H3. The first-order valence-corrected chi connectivity index (χ1v) is 17.7. The van der Waals surface area contributed by atoms with Gasteiger partial charge in [0.05, 0.1) is 6.26 Å². The SMILES string of the molecule is CC1(C)c2ccc(-c3ccccc3)cc2-c2c1ccc1c2oc2ccc(-c3c4ccccc4c(-c4coc5ccccc45)c4ccccc34)cc21. The Morgan fingerprint density at radius 3 is 1.76 bits per heavy atom. The zero-order valence-electron chi connectivity index (χ0n) is 28.3. The molecule has 0 saturated carbocycles. The van der Waals surface area contributed by atoms with Gasteiger partial charge in [-0.3, -0.25) is 0 Å². The fourth-order valence-electron chi connectivity index (χ4n) is 8.94. The molecule has 51 heavy (non-hydrogen) atoms. The summed E-state index contributed by atoms with van der Waals surface area (Å²) < 4.78 is 12.9. The highest BCUT2D eigenvalue weighted by Gasteiger charge is 2.38. The molecule has 0 N–H and O–H groups in total. The number of para-hydroxylation sites is 1. The van der Waals surface area contributed by atoms with Crippen molar-refractivity contribution < 1.29 is 8.83 Å². The van der Waals surface area contributed by atoms with Crippen LogP contribution in [0.5, 0.6) is 0 Å². The van der Waals surface area contributed by atoms with E-state index in [9.17, 15) is 0 Å². The Morgan fingerprint density at radius 1 is 0.392 bits per heavy atom. The van der Waals surface area contributed by atoms with E-state index >= 15 is 0 Å². The van der Waals surface area contributed by atoms with E-state index in [2.05, 4.69) is 153 Å². The number of benzene rings is 8. The van der Waals surface area contributed by atoms with E-state index in [4.69, 9.17) is 8.83 Å². The Hall–Kier alpha value is -6.38. The lowest BCUT2D eigenvalue weighted by Crippen LogP contribution is -2.14. The summed E-state index contributed by atoms with van der Waals surface area (Å²) in [6.45, 7) is 4.66. The van der Waals surface area contributed by atoms with Crippen molar-refractivity contribution >= 4 is 54.5 Å². The van der Waals surface area contributed by atoms with Gasteiger partial charge in [-0.2, -0.15) is 0 Å². The van der Waals surface area contributed by atoms with Crippen molar-refractivity contribution in [3.05, 3.63) is 169 Å². The van der Waals surface area contributed by atoms with Crippen LogP contribution in [0.2, 0.25) is 0 Å². The highest BCUT2D eigenvalue weighted by Crippen LogP contribution is 2.54. The molecule has 10 aromatic rings. The molecule has 0 bridgehead atoms. The van der Waals surface area contributed by atoms with Crippen LogP contribution in [0.15, 0.2) is 167 Å². The first-order valence-electron chi connectivity index (χ1n) is 17.7. The second kappa shape index (κ2) is 10.3. The third-order valence-corrected chi connectivity index (χ3v) is 11.4. The second-order valence-electron chi connectivity index (χ2n) is 14.4. The van der Waals surface area contributed by atoms with E-state index in [-0.39, 0.29) is 5.41 Å². The minimum Gasteiger partial charge on any atom is -0.464 e. The van der Waals surface area contributed by atoms with Crippen LogP contribution in [0.3, 0.4) is 0 Å². The Bertz CT molecular complexity index is 2990. The van der Waals surface area contributed by atoms with Crippen molar-refractivity contribution in [2.75, 3.05) is 0 Å². The molecule has 0 amide bonds. The van der Waals surface area contributed by atoms with E-state index in [0.29, 0.717) is 0 Å². The van der Waals surface area contributed by atoms with Crippen LogP contribution in [-0.4, -0.2) is 0 Å². The fourth-order valence-corrected chi connectivity index (χ4v) is 8.94. The maximum absolute atomic E-state index is 6.86. The molecule has 0 saturated heterocycles. The molecule has 1 aliphatic carbocycles. The summed E-state index contributed by atoms with van der Waals surface area (Å²) in [6.07, 6.45) is 1.92. The smallest absolute Gasteiger partial charge is 0.143 e. The van der Waals surface area contributed by atoms with Gasteiger partial charge in [0.25, 0.3) is 0 Å². The van der Waals surface area contributed by atoms with Crippen molar-refractivity contribution in [2.45, 2.75) is 19.3 Å². The molecular weight excluding hydrogens is 621 g/mol. The molecule has 11 rings (SSSR count). The summed E-state index contributed by atoms with van der Waals surface area (Å²) in [5.41, 5.74) is 15.0. The van der Waals surface area contributed by atoms with Crippen molar-refractivity contribution in [1.82, 2.24) is 0 Å². The Kier molecular flexibility index (Phi) is 5.76. The minimum atomic E-state index is -0.127. The summed E-state index contributed by atoms with van der Waals surface area (Å²) in [5.74, 6) is 0. The molecule has 8 aromatic carbocycles. The van der Waals surface area contributed by atoms with Gasteiger partial charge in [-0.05, 0) is 84.8 Å². The van der Waals surface area contributed by atoms with Crippen LogP contribution < -0.4 is 0 Å². The van der Waals surface area contributed by atoms with Crippen LogP contribution in [0, 0.1) is 0 Å². The zero-order chi connectivity index (χ0) is 33.8. The summed E-state index contributed by atoms with van der Waals surface area (Å²) >= 11 is 0. The molecule has 0 spiro atoms. The summed E-state index contributed by atoms with van der Waals surface area (Å²) in [5, 5.41) is 8.26. The Morgan fingerprint density at radius 2 is 1.02 bits per heavy atom. The highest BCUT2D eigenvalue weighted by molar-refractivity contribution is 6.24. The number of hydrogen-bond donors (Lipinski definition) is 0. The maximum atomic E-state index is 6.86. The molecule has 1 aliphatic rings. The van der Waals surface area contributed by atoms with Gasteiger partial charge >= 0.3 is 0 Å². The lowest BCUT2D eigenvalue weighted by molar-refractivity contribution is 0.617. The lowest BCUT2D eigenvalue weighted by Gasteiger charge is -2.21. The molecular formula is C49H32O2. The van der Waals surface area contributed by atoms with Gasteiger partial charge < -0.3 is 8.83 Å². The molecule has 2 nitrogen and oxygen atoms in total. The van der Waals surface area contributed by atoms with E-state index in [1.54, 1.807) is 0 Å². The van der Waals surface area contributed by atoms with Crippen molar-refractivity contribution in [3.8, 4) is 44.5 Å². The Labute approximate surface area is 295 Å². The topological polar surface area (TPSA) is 26.3 Å². The summed E-state index contributed by atoms with van der Waals surface area (Å²) in [7, 11) is 0. The van der Waals surface area contributed by atoms with Crippen LogP contribution in [-0.2, 0) is 5.41 Å². The first kappa shape index (κ1) is 28.5. The lowest BCUT2D eigenvalue weighted by atomic mass is 9.82. The van der Waals surface area contributed by atoms with Crippen LogP contribution >= 0.6 is 0 Å². The van der Waals surface area contributed by atoms with Gasteiger partial charge in [0.1, 0.15) is 16.7 Å². The van der Waals surface area contributed by atoms with Crippen molar-refractivity contribution in [3.63, 3.8) is 0 Å².